The van der Waals surface area contributed by atoms with Crippen LogP contribution in [-0.2, 0) is 17.8 Å². The summed E-state index contributed by atoms with van der Waals surface area (Å²) in [5.41, 5.74) is 4.07. The Morgan fingerprint density at radius 2 is 1.07 bits per heavy atom. The highest BCUT2D eigenvalue weighted by molar-refractivity contribution is 5.27. The summed E-state index contributed by atoms with van der Waals surface area (Å²) in [6, 6.07) is 16.0. The van der Waals surface area contributed by atoms with Crippen molar-refractivity contribution in [2.75, 3.05) is 0 Å². The van der Waals surface area contributed by atoms with Crippen LogP contribution in [0.4, 0.5) is 8.78 Å². The van der Waals surface area contributed by atoms with Crippen molar-refractivity contribution in [1.82, 2.24) is 0 Å². The van der Waals surface area contributed by atoms with Crippen LogP contribution in [0, 0.1) is 11.8 Å². The first kappa shape index (κ1) is 30.7. The lowest BCUT2D eigenvalue weighted by Crippen LogP contribution is -2.23. The maximum Gasteiger partial charge on any atom is 0.360 e. The summed E-state index contributed by atoms with van der Waals surface area (Å²) >= 11 is 0. The topological polar surface area (TPSA) is 9.23 Å². The van der Waals surface area contributed by atoms with E-state index in [0.29, 0.717) is 17.4 Å². The molecule has 0 amide bonds. The standard InChI is InChI=1S/C37H50F2O/c1-3-5-7-9-29-11-19-33(20-12-29)35-23-15-31(16-24-35)27-37(38,39)40-28-32-17-25-36(26-18-32)34-21-13-30(14-22-34)10-8-6-4-2/h3-6,15-18,23-26,29-30,33-34H,7-14,19-22,27-28H2,1-2H3/b5-3+,6-4+. The van der Waals surface area contributed by atoms with E-state index < -0.39 is 6.11 Å². The SMILES string of the molecule is C/C=C/CCC1CCC(c2ccc(COC(F)(F)Cc3ccc(C4CCC(CC/C=C/C)CC4)cc3)cc2)CC1. The van der Waals surface area contributed by atoms with E-state index in [0.717, 1.165) is 17.4 Å². The molecule has 0 spiro atoms. The fourth-order valence-electron chi connectivity index (χ4n) is 6.84. The van der Waals surface area contributed by atoms with Crippen LogP contribution in [0.25, 0.3) is 0 Å². The highest BCUT2D eigenvalue weighted by Gasteiger charge is 2.31. The average Bonchev–Trinajstić information content (AvgIpc) is 2.98. The van der Waals surface area contributed by atoms with Crippen LogP contribution in [0.2, 0.25) is 0 Å². The highest BCUT2D eigenvalue weighted by atomic mass is 19.3. The zero-order valence-electron chi connectivity index (χ0n) is 24.8. The van der Waals surface area contributed by atoms with Gasteiger partial charge in [-0.15, -0.1) is 0 Å². The summed E-state index contributed by atoms with van der Waals surface area (Å²) < 4.78 is 34.5. The summed E-state index contributed by atoms with van der Waals surface area (Å²) in [5, 5.41) is 0. The molecule has 0 aromatic heterocycles. The molecule has 2 aliphatic carbocycles. The molecule has 2 aromatic rings. The normalized spacial score (nSPS) is 24.2. The number of allylic oxidation sites excluding steroid dienone is 4. The monoisotopic (exact) mass is 548 g/mol. The third-order valence-corrected chi connectivity index (χ3v) is 9.41. The van der Waals surface area contributed by atoms with Crippen molar-refractivity contribution in [2.24, 2.45) is 11.8 Å². The second-order valence-corrected chi connectivity index (χ2v) is 12.3. The van der Waals surface area contributed by atoms with E-state index >= 15 is 0 Å². The Balaban J connectivity index is 1.19. The molecule has 0 radical (unpaired) electrons. The Morgan fingerprint density at radius 3 is 1.50 bits per heavy atom. The van der Waals surface area contributed by atoms with Crippen molar-refractivity contribution in [1.29, 1.82) is 0 Å². The third-order valence-electron chi connectivity index (χ3n) is 9.41. The minimum Gasteiger partial charge on any atom is -0.315 e. The molecule has 2 aromatic carbocycles. The third kappa shape index (κ3) is 9.68. The van der Waals surface area contributed by atoms with Crippen molar-refractivity contribution in [2.45, 2.75) is 122 Å². The quantitative estimate of drug-likeness (QED) is 0.226. The van der Waals surface area contributed by atoms with Crippen molar-refractivity contribution in [3.05, 3.63) is 95.1 Å². The van der Waals surface area contributed by atoms with Crippen molar-refractivity contribution >= 4 is 0 Å². The Bertz CT molecular complexity index is 1040. The van der Waals surface area contributed by atoms with E-state index in [4.69, 9.17) is 4.74 Å². The van der Waals surface area contributed by atoms with Gasteiger partial charge in [-0.25, -0.2) is 0 Å². The van der Waals surface area contributed by atoms with Crippen LogP contribution < -0.4 is 0 Å². The molecule has 2 aliphatic rings. The van der Waals surface area contributed by atoms with Gasteiger partial charge in [-0.3, -0.25) is 0 Å². The molecule has 0 unspecified atom stereocenters. The predicted molar refractivity (Wildman–Crippen MR) is 164 cm³/mol. The first-order valence-corrected chi connectivity index (χ1v) is 15.9. The summed E-state index contributed by atoms with van der Waals surface area (Å²) in [4.78, 5) is 0. The molecule has 1 nitrogen and oxygen atoms in total. The molecule has 0 aliphatic heterocycles. The number of hydrogen-bond acceptors (Lipinski definition) is 1. The molecule has 0 saturated heterocycles. The Morgan fingerprint density at radius 1 is 0.650 bits per heavy atom. The lowest BCUT2D eigenvalue weighted by Gasteiger charge is -2.29. The van der Waals surface area contributed by atoms with Gasteiger partial charge in [0.05, 0.1) is 13.0 Å². The first-order valence-electron chi connectivity index (χ1n) is 15.9. The molecular formula is C37H50F2O. The van der Waals surface area contributed by atoms with Gasteiger partial charge < -0.3 is 4.74 Å². The minimum atomic E-state index is -3.18. The lowest BCUT2D eigenvalue weighted by molar-refractivity contribution is -0.244. The second-order valence-electron chi connectivity index (χ2n) is 12.3. The zero-order valence-corrected chi connectivity index (χ0v) is 24.8. The molecule has 0 atom stereocenters. The van der Waals surface area contributed by atoms with E-state index in [9.17, 15) is 8.78 Å². The molecule has 218 valence electrons. The van der Waals surface area contributed by atoms with Crippen LogP contribution in [0.3, 0.4) is 0 Å². The van der Waals surface area contributed by atoms with Crippen LogP contribution in [-0.4, -0.2) is 6.11 Å². The van der Waals surface area contributed by atoms with E-state index in [2.05, 4.69) is 62.4 Å². The Hall–Kier alpha value is -2.26. The van der Waals surface area contributed by atoms with Crippen LogP contribution in [0.1, 0.15) is 125 Å². The number of halogens is 2. The highest BCUT2D eigenvalue weighted by Crippen LogP contribution is 2.39. The maximum atomic E-state index is 14.7. The lowest BCUT2D eigenvalue weighted by atomic mass is 9.77. The molecule has 3 heteroatoms. The van der Waals surface area contributed by atoms with E-state index in [1.54, 1.807) is 0 Å². The Labute approximate surface area is 242 Å². The molecular weight excluding hydrogens is 498 g/mol. The van der Waals surface area contributed by atoms with Gasteiger partial charge in [0.25, 0.3) is 0 Å². The molecule has 0 bridgehead atoms. The molecule has 4 rings (SSSR count). The van der Waals surface area contributed by atoms with Crippen LogP contribution in [0.15, 0.2) is 72.8 Å². The van der Waals surface area contributed by atoms with Gasteiger partial charge in [0.1, 0.15) is 0 Å². The summed E-state index contributed by atoms with van der Waals surface area (Å²) in [7, 11) is 0. The van der Waals surface area contributed by atoms with Crippen molar-refractivity contribution in [3.8, 4) is 0 Å². The van der Waals surface area contributed by atoms with E-state index in [1.807, 2.05) is 24.3 Å². The van der Waals surface area contributed by atoms with Crippen LogP contribution in [0.5, 0.6) is 0 Å². The summed E-state index contributed by atoms with van der Waals surface area (Å²) in [6.45, 7) is 4.10. The van der Waals surface area contributed by atoms with Gasteiger partial charge in [-0.1, -0.05) is 72.8 Å². The summed E-state index contributed by atoms with van der Waals surface area (Å²) in [5.74, 6) is 2.83. The maximum absolute atomic E-state index is 14.7. The van der Waals surface area contributed by atoms with Gasteiger partial charge in [0.15, 0.2) is 0 Å². The van der Waals surface area contributed by atoms with Crippen molar-refractivity contribution in [3.63, 3.8) is 0 Å². The van der Waals surface area contributed by atoms with Gasteiger partial charge in [0, 0.05) is 0 Å². The smallest absolute Gasteiger partial charge is 0.315 e. The first-order chi connectivity index (χ1) is 19.5. The number of hydrogen-bond donors (Lipinski definition) is 0. The second kappa shape index (κ2) is 15.7. The number of ether oxygens (including phenoxy) is 1. The van der Waals surface area contributed by atoms with Crippen LogP contribution >= 0.6 is 0 Å². The number of alkyl halides is 2. The Kier molecular flexibility index (Phi) is 12.0. The molecule has 2 fully saturated rings. The van der Waals surface area contributed by atoms with Gasteiger partial charge in [-0.05, 0) is 137 Å². The van der Waals surface area contributed by atoms with Crippen molar-refractivity contribution < 1.29 is 13.5 Å². The number of benzene rings is 2. The molecule has 0 heterocycles. The van der Waals surface area contributed by atoms with Gasteiger partial charge in [-0.2, -0.15) is 8.78 Å². The zero-order chi connectivity index (χ0) is 28.2. The molecule has 40 heavy (non-hydrogen) atoms. The minimum absolute atomic E-state index is 0.0691. The van der Waals surface area contributed by atoms with E-state index in [1.165, 1.54) is 88.2 Å². The fourth-order valence-corrected chi connectivity index (χ4v) is 6.84. The number of rotatable bonds is 13. The van der Waals surface area contributed by atoms with Gasteiger partial charge >= 0.3 is 6.11 Å². The van der Waals surface area contributed by atoms with E-state index in [-0.39, 0.29) is 13.0 Å². The fraction of sp³-hybridized carbons (Fsp3) is 0.568. The summed E-state index contributed by atoms with van der Waals surface area (Å²) in [6.07, 6.45) is 20.2. The molecule has 2 saturated carbocycles. The average molecular weight is 549 g/mol. The van der Waals surface area contributed by atoms with Gasteiger partial charge in [0.2, 0.25) is 0 Å². The predicted octanol–water partition coefficient (Wildman–Crippen LogP) is 11.3. The largest absolute Gasteiger partial charge is 0.360 e. The molecule has 0 N–H and O–H groups in total.